The fourth-order valence-corrected chi connectivity index (χ4v) is 1.28. The van der Waals surface area contributed by atoms with Crippen LogP contribution in [0.4, 0.5) is 26.3 Å². The summed E-state index contributed by atoms with van der Waals surface area (Å²) >= 11 is 0. The molecule has 0 bridgehead atoms. The zero-order valence-electron chi connectivity index (χ0n) is 8.38. The smallest absolute Gasteiger partial charge is 0.423 e. The number of ether oxygens (including phenoxy) is 1. The van der Waals surface area contributed by atoms with Gasteiger partial charge in [0.05, 0.1) is 5.56 Å². The first-order chi connectivity index (χ1) is 8.02. The van der Waals surface area contributed by atoms with Gasteiger partial charge in [-0.25, -0.2) is 0 Å². The van der Waals surface area contributed by atoms with Gasteiger partial charge < -0.3 is 14.8 Å². The highest BCUT2D eigenvalue weighted by molar-refractivity contribution is 6.59. The standard InChI is InChI=1S/C8H5BF6O3/c10-7(11,12)6-4(9(16)17)2-1-3-5(6)18-8(13,14)15/h1-3,16-17H. The van der Waals surface area contributed by atoms with Crippen molar-refractivity contribution in [3.05, 3.63) is 23.8 Å². The molecule has 0 aromatic heterocycles. The first-order valence-corrected chi connectivity index (χ1v) is 4.34. The molecule has 0 heterocycles. The molecule has 1 rings (SSSR count). The van der Waals surface area contributed by atoms with Gasteiger partial charge in [-0.05, 0) is 11.5 Å². The van der Waals surface area contributed by atoms with E-state index < -0.39 is 36.4 Å². The maximum Gasteiger partial charge on any atom is 0.573 e. The molecular weight excluding hydrogens is 269 g/mol. The lowest BCUT2D eigenvalue weighted by atomic mass is 9.76. The average molecular weight is 274 g/mol. The molecule has 0 saturated heterocycles. The molecule has 0 aliphatic rings. The molecule has 10 heteroatoms. The van der Waals surface area contributed by atoms with E-state index in [-0.39, 0.29) is 0 Å². The lowest BCUT2D eigenvalue weighted by molar-refractivity contribution is -0.276. The quantitative estimate of drug-likeness (QED) is 0.631. The van der Waals surface area contributed by atoms with Crippen LogP contribution >= 0.6 is 0 Å². The molecule has 18 heavy (non-hydrogen) atoms. The third kappa shape index (κ3) is 3.54. The molecule has 100 valence electrons. The normalized spacial score (nSPS) is 12.4. The minimum Gasteiger partial charge on any atom is -0.423 e. The van der Waals surface area contributed by atoms with Crippen molar-refractivity contribution in [3.8, 4) is 5.75 Å². The molecule has 0 radical (unpaired) electrons. The van der Waals surface area contributed by atoms with Crippen LogP contribution in [0.3, 0.4) is 0 Å². The second-order valence-electron chi connectivity index (χ2n) is 3.14. The zero-order chi connectivity index (χ0) is 14.1. The summed E-state index contributed by atoms with van der Waals surface area (Å²) in [5, 5.41) is 17.4. The topological polar surface area (TPSA) is 49.7 Å². The maximum atomic E-state index is 12.6. The second kappa shape index (κ2) is 4.69. The first kappa shape index (κ1) is 14.6. The zero-order valence-corrected chi connectivity index (χ0v) is 8.38. The third-order valence-electron chi connectivity index (χ3n) is 1.85. The predicted octanol–water partition coefficient (Wildman–Crippen LogP) is 1.28. The van der Waals surface area contributed by atoms with Crippen LogP contribution in [0.15, 0.2) is 18.2 Å². The Kier molecular flexibility index (Phi) is 3.82. The van der Waals surface area contributed by atoms with Gasteiger partial charge in [-0.15, -0.1) is 13.2 Å². The van der Waals surface area contributed by atoms with E-state index in [0.717, 1.165) is 6.07 Å². The van der Waals surface area contributed by atoms with Crippen LogP contribution in [0.25, 0.3) is 0 Å². The summed E-state index contributed by atoms with van der Waals surface area (Å²) in [7, 11) is -2.57. The van der Waals surface area contributed by atoms with Crippen molar-refractivity contribution in [2.75, 3.05) is 0 Å². The predicted molar refractivity (Wildman–Crippen MR) is 48.0 cm³/mol. The lowest BCUT2D eigenvalue weighted by Crippen LogP contribution is -2.37. The van der Waals surface area contributed by atoms with Crippen molar-refractivity contribution in [3.63, 3.8) is 0 Å². The largest absolute Gasteiger partial charge is 0.573 e. The maximum absolute atomic E-state index is 12.6. The SMILES string of the molecule is OB(O)c1cccc(OC(F)(F)F)c1C(F)(F)F. The van der Waals surface area contributed by atoms with E-state index in [1.54, 1.807) is 0 Å². The van der Waals surface area contributed by atoms with Gasteiger partial charge in [0.2, 0.25) is 0 Å². The molecule has 1 aromatic carbocycles. The van der Waals surface area contributed by atoms with Crippen molar-refractivity contribution in [2.24, 2.45) is 0 Å². The first-order valence-electron chi connectivity index (χ1n) is 4.34. The highest BCUT2D eigenvalue weighted by Crippen LogP contribution is 2.37. The Morgan fingerprint density at radius 1 is 1.00 bits per heavy atom. The fourth-order valence-electron chi connectivity index (χ4n) is 1.28. The molecule has 0 amide bonds. The Balaban J connectivity index is 3.39. The molecule has 0 spiro atoms. The molecule has 0 fully saturated rings. The van der Waals surface area contributed by atoms with E-state index >= 15 is 0 Å². The van der Waals surface area contributed by atoms with Crippen molar-refractivity contribution in [1.29, 1.82) is 0 Å². The van der Waals surface area contributed by atoms with Gasteiger partial charge in [-0.2, -0.15) is 13.2 Å². The number of rotatable bonds is 2. The highest BCUT2D eigenvalue weighted by atomic mass is 19.4. The number of halogens is 6. The van der Waals surface area contributed by atoms with E-state index in [9.17, 15) is 26.3 Å². The van der Waals surface area contributed by atoms with Crippen LogP contribution in [0.1, 0.15) is 5.56 Å². The second-order valence-corrected chi connectivity index (χ2v) is 3.14. The molecule has 0 saturated carbocycles. The number of benzene rings is 1. The van der Waals surface area contributed by atoms with Crippen molar-refractivity contribution in [1.82, 2.24) is 0 Å². The summed E-state index contributed by atoms with van der Waals surface area (Å²) in [6, 6.07) is 1.85. The summed E-state index contributed by atoms with van der Waals surface area (Å²) in [6.07, 6.45) is -10.5. The van der Waals surface area contributed by atoms with Gasteiger partial charge in [0.1, 0.15) is 5.75 Å². The van der Waals surface area contributed by atoms with Crippen molar-refractivity contribution >= 4 is 12.6 Å². The van der Waals surface area contributed by atoms with E-state index in [4.69, 9.17) is 10.0 Å². The van der Waals surface area contributed by atoms with Gasteiger partial charge in [-0.1, -0.05) is 12.1 Å². The number of alkyl halides is 6. The van der Waals surface area contributed by atoms with Crippen LogP contribution in [0.5, 0.6) is 5.75 Å². The van der Waals surface area contributed by atoms with Crippen LogP contribution < -0.4 is 10.2 Å². The minimum absolute atomic E-state index is 0.433. The van der Waals surface area contributed by atoms with Crippen molar-refractivity contribution < 1.29 is 41.1 Å². The molecule has 0 aliphatic carbocycles. The van der Waals surface area contributed by atoms with E-state index in [0.29, 0.717) is 12.1 Å². The van der Waals surface area contributed by atoms with Crippen LogP contribution in [-0.2, 0) is 6.18 Å². The Morgan fingerprint density at radius 2 is 1.56 bits per heavy atom. The lowest BCUT2D eigenvalue weighted by Gasteiger charge is -2.18. The van der Waals surface area contributed by atoms with E-state index in [2.05, 4.69) is 4.74 Å². The summed E-state index contributed by atoms with van der Waals surface area (Å²) in [4.78, 5) is 0. The Morgan fingerprint density at radius 3 is 1.94 bits per heavy atom. The molecule has 1 aromatic rings. The van der Waals surface area contributed by atoms with Crippen LogP contribution in [-0.4, -0.2) is 23.5 Å². The summed E-state index contributed by atoms with van der Waals surface area (Å²) in [5.41, 5.74) is -3.00. The Labute approximate surface area is 96.7 Å². The van der Waals surface area contributed by atoms with Gasteiger partial charge in [0.15, 0.2) is 0 Å². The van der Waals surface area contributed by atoms with Gasteiger partial charge in [0, 0.05) is 0 Å². The summed E-state index contributed by atoms with van der Waals surface area (Å²) in [5.74, 6) is -1.54. The monoisotopic (exact) mass is 274 g/mol. The summed E-state index contributed by atoms with van der Waals surface area (Å²) < 4.78 is 76.7. The van der Waals surface area contributed by atoms with Crippen molar-refractivity contribution in [2.45, 2.75) is 12.5 Å². The third-order valence-corrected chi connectivity index (χ3v) is 1.85. The Hall–Kier alpha value is -1.42. The van der Waals surface area contributed by atoms with Gasteiger partial charge >= 0.3 is 19.7 Å². The van der Waals surface area contributed by atoms with E-state index in [1.165, 1.54) is 0 Å². The van der Waals surface area contributed by atoms with Gasteiger partial charge in [0.25, 0.3) is 0 Å². The number of hydrogen-bond acceptors (Lipinski definition) is 3. The molecule has 0 unspecified atom stereocenters. The molecule has 0 aliphatic heterocycles. The average Bonchev–Trinajstić information content (AvgIpc) is 2.12. The molecule has 2 N–H and O–H groups in total. The van der Waals surface area contributed by atoms with Gasteiger partial charge in [-0.3, -0.25) is 0 Å². The minimum atomic E-state index is -5.32. The number of hydrogen-bond donors (Lipinski definition) is 2. The molecular formula is C8H5BF6O3. The van der Waals surface area contributed by atoms with Crippen LogP contribution in [0.2, 0.25) is 0 Å². The van der Waals surface area contributed by atoms with Crippen LogP contribution in [0, 0.1) is 0 Å². The Bertz CT molecular complexity index is 428. The molecule has 0 atom stereocenters. The summed E-state index contributed by atoms with van der Waals surface area (Å²) in [6.45, 7) is 0. The highest BCUT2D eigenvalue weighted by Gasteiger charge is 2.42. The van der Waals surface area contributed by atoms with E-state index in [1.807, 2.05) is 0 Å². The molecule has 3 nitrogen and oxygen atoms in total. The fraction of sp³-hybridized carbons (Fsp3) is 0.250.